The molecule has 0 bridgehead atoms. The van der Waals surface area contributed by atoms with E-state index in [-0.39, 0.29) is 0 Å². The van der Waals surface area contributed by atoms with Crippen LogP contribution in [-0.4, -0.2) is 62.7 Å². The summed E-state index contributed by atoms with van der Waals surface area (Å²) >= 11 is 0. The Morgan fingerprint density at radius 3 is 3.08 bits per heavy atom. The Morgan fingerprint density at radius 1 is 1.69 bits per heavy atom. The van der Waals surface area contributed by atoms with Crippen molar-refractivity contribution in [2.24, 2.45) is 0 Å². The fourth-order valence-electron chi connectivity index (χ4n) is 1.72. The number of nitrogens with one attached hydrogen (secondary N) is 1. The molecule has 0 aliphatic carbocycles. The smallest absolute Gasteiger partial charge is 0.0345 e. The van der Waals surface area contributed by atoms with Crippen LogP contribution >= 0.6 is 0 Å². The summed E-state index contributed by atoms with van der Waals surface area (Å²) in [7, 11) is 4.34. The Bertz CT molecular complexity index is 158. The van der Waals surface area contributed by atoms with E-state index < -0.39 is 0 Å². The predicted molar refractivity (Wildman–Crippen MR) is 57.0 cm³/mol. The van der Waals surface area contributed by atoms with Gasteiger partial charge in [-0.2, -0.15) is 0 Å². The first-order valence-corrected chi connectivity index (χ1v) is 4.94. The second kappa shape index (κ2) is 5.37. The molecule has 1 rings (SSSR count). The topological polar surface area (TPSA) is 18.5 Å². The molecule has 3 nitrogen and oxygen atoms in total. The van der Waals surface area contributed by atoms with E-state index in [0.29, 0.717) is 6.04 Å². The van der Waals surface area contributed by atoms with Crippen LogP contribution in [0, 0.1) is 0 Å². The Labute approximate surface area is 81.4 Å². The van der Waals surface area contributed by atoms with Crippen molar-refractivity contribution in [1.82, 2.24) is 15.1 Å². The van der Waals surface area contributed by atoms with Crippen molar-refractivity contribution < 1.29 is 0 Å². The van der Waals surface area contributed by atoms with Crippen LogP contribution in [0.1, 0.15) is 0 Å². The molecule has 1 unspecified atom stereocenters. The van der Waals surface area contributed by atoms with Crippen LogP contribution in [0.5, 0.6) is 0 Å². The second-order valence-corrected chi connectivity index (χ2v) is 3.85. The van der Waals surface area contributed by atoms with E-state index in [9.17, 15) is 0 Å². The molecule has 0 saturated carbocycles. The highest BCUT2D eigenvalue weighted by molar-refractivity contribution is 4.81. The highest BCUT2D eigenvalue weighted by atomic mass is 15.2. The van der Waals surface area contributed by atoms with Crippen LogP contribution in [0.4, 0.5) is 0 Å². The lowest BCUT2D eigenvalue weighted by Gasteiger charge is -2.35. The van der Waals surface area contributed by atoms with Crippen molar-refractivity contribution in [2.75, 3.05) is 46.8 Å². The number of piperazine rings is 1. The maximum atomic E-state index is 3.74. The van der Waals surface area contributed by atoms with Crippen LogP contribution < -0.4 is 5.32 Å². The normalized spacial score (nSPS) is 25.0. The zero-order valence-electron chi connectivity index (χ0n) is 8.79. The minimum atomic E-state index is 0.652. The summed E-state index contributed by atoms with van der Waals surface area (Å²) in [5, 5.41) is 3.42. The van der Waals surface area contributed by atoms with Gasteiger partial charge in [-0.05, 0) is 14.1 Å². The van der Waals surface area contributed by atoms with E-state index in [1.165, 1.54) is 0 Å². The van der Waals surface area contributed by atoms with Gasteiger partial charge in [-0.3, -0.25) is 4.90 Å². The third kappa shape index (κ3) is 3.46. The van der Waals surface area contributed by atoms with Gasteiger partial charge in [-0.1, -0.05) is 6.08 Å². The fraction of sp³-hybridized carbons (Fsp3) is 0.800. The first-order valence-electron chi connectivity index (χ1n) is 4.94. The summed E-state index contributed by atoms with van der Waals surface area (Å²) < 4.78 is 0. The van der Waals surface area contributed by atoms with Crippen LogP contribution in [0.2, 0.25) is 0 Å². The maximum absolute atomic E-state index is 3.74. The van der Waals surface area contributed by atoms with E-state index in [1.54, 1.807) is 0 Å². The second-order valence-electron chi connectivity index (χ2n) is 3.85. The Balaban J connectivity index is 2.28. The molecule has 1 atom stereocenters. The highest BCUT2D eigenvalue weighted by Gasteiger charge is 2.19. The molecular weight excluding hydrogens is 162 g/mol. The minimum Gasteiger partial charge on any atom is -0.314 e. The summed E-state index contributed by atoms with van der Waals surface area (Å²) in [6.07, 6.45) is 1.95. The molecule has 0 aromatic rings. The third-order valence-electron chi connectivity index (χ3n) is 2.61. The summed E-state index contributed by atoms with van der Waals surface area (Å²) in [5.74, 6) is 0. The standard InChI is InChI=1S/C10H21N3/c1-4-6-12(2)9-10-8-11-5-7-13(10)3/h4,10-11H,1,5-9H2,2-3H3. The van der Waals surface area contributed by atoms with Gasteiger partial charge in [0.2, 0.25) is 0 Å². The lowest BCUT2D eigenvalue weighted by Crippen LogP contribution is -2.53. The summed E-state index contributed by atoms with van der Waals surface area (Å²) in [6.45, 7) is 9.23. The van der Waals surface area contributed by atoms with Crippen LogP contribution in [-0.2, 0) is 0 Å². The molecule has 0 spiro atoms. The molecule has 0 amide bonds. The van der Waals surface area contributed by atoms with Gasteiger partial charge < -0.3 is 10.2 Å². The molecule has 13 heavy (non-hydrogen) atoms. The fourth-order valence-corrected chi connectivity index (χ4v) is 1.72. The quantitative estimate of drug-likeness (QED) is 0.619. The van der Waals surface area contributed by atoms with Gasteiger partial charge in [-0.25, -0.2) is 0 Å². The van der Waals surface area contributed by atoms with Gasteiger partial charge in [0.25, 0.3) is 0 Å². The van der Waals surface area contributed by atoms with Gasteiger partial charge >= 0.3 is 0 Å². The summed E-state index contributed by atoms with van der Waals surface area (Å²) in [6, 6.07) is 0.652. The van der Waals surface area contributed by atoms with Crippen molar-refractivity contribution in [2.45, 2.75) is 6.04 Å². The van der Waals surface area contributed by atoms with Crippen molar-refractivity contribution in [3.05, 3.63) is 12.7 Å². The van der Waals surface area contributed by atoms with Crippen LogP contribution in [0.25, 0.3) is 0 Å². The third-order valence-corrected chi connectivity index (χ3v) is 2.61. The van der Waals surface area contributed by atoms with Gasteiger partial charge in [0.15, 0.2) is 0 Å². The van der Waals surface area contributed by atoms with Crippen molar-refractivity contribution in [3.8, 4) is 0 Å². The molecule has 1 N–H and O–H groups in total. The average Bonchev–Trinajstić information content (AvgIpc) is 2.09. The van der Waals surface area contributed by atoms with E-state index in [0.717, 1.165) is 32.7 Å². The van der Waals surface area contributed by atoms with Gasteiger partial charge in [0, 0.05) is 38.8 Å². The molecule has 0 aromatic carbocycles. The van der Waals surface area contributed by atoms with Crippen molar-refractivity contribution >= 4 is 0 Å². The maximum Gasteiger partial charge on any atom is 0.0345 e. The molecule has 3 heteroatoms. The first-order chi connectivity index (χ1) is 6.24. The Morgan fingerprint density at radius 2 is 2.46 bits per heavy atom. The molecule has 1 fully saturated rings. The summed E-state index contributed by atoms with van der Waals surface area (Å²) in [5.41, 5.74) is 0. The number of hydrogen-bond donors (Lipinski definition) is 1. The number of hydrogen-bond acceptors (Lipinski definition) is 3. The van der Waals surface area contributed by atoms with E-state index in [1.807, 2.05) is 6.08 Å². The van der Waals surface area contributed by atoms with Gasteiger partial charge in [0.05, 0.1) is 0 Å². The van der Waals surface area contributed by atoms with Gasteiger partial charge in [-0.15, -0.1) is 6.58 Å². The molecule has 76 valence electrons. The van der Waals surface area contributed by atoms with Crippen molar-refractivity contribution in [3.63, 3.8) is 0 Å². The molecular formula is C10H21N3. The first kappa shape index (κ1) is 10.7. The van der Waals surface area contributed by atoms with Gasteiger partial charge in [0.1, 0.15) is 0 Å². The zero-order valence-corrected chi connectivity index (χ0v) is 8.79. The highest BCUT2D eigenvalue weighted by Crippen LogP contribution is 2.01. The number of likely N-dealkylation sites (N-methyl/N-ethyl adjacent to an activating group) is 2. The number of nitrogens with zero attached hydrogens (tertiary/aromatic N) is 2. The molecule has 1 aliphatic heterocycles. The molecule has 1 heterocycles. The van der Waals surface area contributed by atoms with E-state index in [4.69, 9.17) is 0 Å². The largest absolute Gasteiger partial charge is 0.314 e. The van der Waals surface area contributed by atoms with Crippen molar-refractivity contribution in [1.29, 1.82) is 0 Å². The minimum absolute atomic E-state index is 0.652. The SMILES string of the molecule is C=CCN(C)CC1CNCCN1C. The lowest BCUT2D eigenvalue weighted by molar-refractivity contribution is 0.158. The van der Waals surface area contributed by atoms with Crippen LogP contribution in [0.15, 0.2) is 12.7 Å². The predicted octanol–water partition coefficient (Wildman–Crippen LogP) is 0.00780. The Kier molecular flexibility index (Phi) is 4.42. The summed E-state index contributed by atoms with van der Waals surface area (Å²) in [4.78, 5) is 4.73. The monoisotopic (exact) mass is 183 g/mol. The zero-order chi connectivity index (χ0) is 9.68. The van der Waals surface area contributed by atoms with E-state index in [2.05, 4.69) is 35.8 Å². The molecule has 1 saturated heterocycles. The van der Waals surface area contributed by atoms with E-state index >= 15 is 0 Å². The molecule has 1 aliphatic rings. The average molecular weight is 183 g/mol. The Hall–Kier alpha value is -0.380. The number of rotatable bonds is 4. The molecule has 0 radical (unpaired) electrons. The molecule has 0 aromatic heterocycles. The van der Waals surface area contributed by atoms with Crippen LogP contribution in [0.3, 0.4) is 0 Å². The lowest BCUT2D eigenvalue weighted by atomic mass is 10.2.